The molecule has 29 heavy (non-hydrogen) atoms. The number of methoxy groups -OCH3 is 1. The van der Waals surface area contributed by atoms with Crippen LogP contribution in [0.1, 0.15) is 22.8 Å². The highest BCUT2D eigenvalue weighted by Gasteiger charge is 2.49. The number of hydrogen-bond donors (Lipinski definition) is 1. The van der Waals surface area contributed by atoms with Crippen molar-refractivity contribution in [2.24, 2.45) is 0 Å². The molecule has 1 N–H and O–H groups in total. The van der Waals surface area contributed by atoms with Crippen LogP contribution in [-0.2, 0) is 10.3 Å². The molecule has 0 aromatic heterocycles. The Morgan fingerprint density at radius 2 is 2.00 bits per heavy atom. The molecular weight excluding hydrogens is 385 g/mol. The first-order valence-electron chi connectivity index (χ1n) is 8.43. The van der Waals surface area contributed by atoms with Gasteiger partial charge >= 0.3 is 6.03 Å². The quantitative estimate of drug-likeness (QED) is 0.344. The highest BCUT2D eigenvalue weighted by atomic mass is 19.1. The Labute approximate surface area is 164 Å². The third kappa shape index (κ3) is 3.51. The Balaban J connectivity index is 1.85. The summed E-state index contributed by atoms with van der Waals surface area (Å²) in [5.41, 5.74) is -1.65. The first-order chi connectivity index (χ1) is 13.7. The van der Waals surface area contributed by atoms with Crippen LogP contribution in [0.25, 0.3) is 0 Å². The molecule has 150 valence electrons. The normalized spacial score (nSPS) is 18.5. The van der Waals surface area contributed by atoms with Crippen molar-refractivity contribution >= 4 is 23.4 Å². The van der Waals surface area contributed by atoms with Gasteiger partial charge in [0.15, 0.2) is 17.3 Å². The van der Waals surface area contributed by atoms with Crippen molar-refractivity contribution in [1.82, 2.24) is 10.2 Å². The Morgan fingerprint density at radius 3 is 2.62 bits per heavy atom. The number of non-ortho nitro benzene ring substituents is 1. The number of hydrogen-bond acceptors (Lipinski definition) is 6. The average Bonchev–Trinajstić information content (AvgIpc) is 2.92. The topological polar surface area (TPSA) is 119 Å². The summed E-state index contributed by atoms with van der Waals surface area (Å²) in [6.45, 7) is 0.783. The molecular formula is C19H16FN3O6. The molecule has 0 saturated carbocycles. The Morgan fingerprint density at radius 1 is 1.28 bits per heavy atom. The zero-order valence-electron chi connectivity index (χ0n) is 15.5. The van der Waals surface area contributed by atoms with Gasteiger partial charge in [-0.2, -0.15) is 0 Å². The van der Waals surface area contributed by atoms with Crippen molar-refractivity contribution in [1.29, 1.82) is 0 Å². The number of nitrogens with zero attached hydrogens (tertiary/aromatic N) is 2. The van der Waals surface area contributed by atoms with E-state index in [0.29, 0.717) is 4.90 Å². The number of Topliss-reactive ketones (excluding diaryl/α,β-unsaturated/α-hetero) is 1. The van der Waals surface area contributed by atoms with Gasteiger partial charge in [0.05, 0.1) is 18.6 Å². The summed E-state index contributed by atoms with van der Waals surface area (Å²) in [6, 6.07) is 8.02. The first kappa shape index (κ1) is 19.9. The van der Waals surface area contributed by atoms with E-state index in [9.17, 15) is 28.9 Å². The van der Waals surface area contributed by atoms with Crippen LogP contribution in [-0.4, -0.2) is 41.2 Å². The molecule has 1 saturated heterocycles. The van der Waals surface area contributed by atoms with Gasteiger partial charge in [-0.3, -0.25) is 24.6 Å². The van der Waals surface area contributed by atoms with Gasteiger partial charge in [0.2, 0.25) is 0 Å². The molecule has 1 atom stereocenters. The van der Waals surface area contributed by atoms with Crippen LogP contribution in [0, 0.1) is 15.9 Å². The lowest BCUT2D eigenvalue weighted by Gasteiger charge is -2.22. The number of rotatable bonds is 6. The minimum Gasteiger partial charge on any atom is -0.494 e. The molecule has 3 rings (SSSR count). The maximum Gasteiger partial charge on any atom is 0.325 e. The van der Waals surface area contributed by atoms with Gasteiger partial charge in [0.25, 0.3) is 11.6 Å². The molecule has 0 spiro atoms. The number of nitrogens with one attached hydrogen (secondary N) is 1. The summed E-state index contributed by atoms with van der Waals surface area (Å²) in [5.74, 6) is -2.20. The third-order valence-electron chi connectivity index (χ3n) is 4.68. The van der Waals surface area contributed by atoms with Gasteiger partial charge in [0, 0.05) is 17.7 Å². The minimum absolute atomic E-state index is 0.0344. The van der Waals surface area contributed by atoms with Crippen LogP contribution < -0.4 is 10.1 Å². The van der Waals surface area contributed by atoms with E-state index in [2.05, 4.69) is 5.32 Å². The second kappa shape index (κ2) is 7.30. The van der Waals surface area contributed by atoms with Crippen molar-refractivity contribution in [3.63, 3.8) is 0 Å². The fraction of sp³-hybridized carbons (Fsp3) is 0.211. The number of carbonyl (C=O) groups excluding carboxylic acids is 3. The van der Waals surface area contributed by atoms with E-state index in [4.69, 9.17) is 4.74 Å². The van der Waals surface area contributed by atoms with E-state index in [0.717, 1.165) is 6.07 Å². The van der Waals surface area contributed by atoms with E-state index < -0.39 is 40.5 Å². The fourth-order valence-corrected chi connectivity index (χ4v) is 3.04. The lowest BCUT2D eigenvalue weighted by molar-refractivity contribution is -0.385. The molecule has 0 bridgehead atoms. The maximum absolute atomic E-state index is 13.8. The SMILES string of the molecule is COc1ccc(C(=O)CN2C(=O)NC(C)(c3cccc([N+](=O)[O-])c3)C2=O)cc1F. The second-order valence-electron chi connectivity index (χ2n) is 6.53. The van der Waals surface area contributed by atoms with Crippen molar-refractivity contribution < 1.29 is 28.4 Å². The number of benzene rings is 2. The number of ether oxygens (including phenoxy) is 1. The van der Waals surface area contributed by atoms with Crippen molar-refractivity contribution in [2.75, 3.05) is 13.7 Å². The van der Waals surface area contributed by atoms with Crippen LogP contribution in [0.5, 0.6) is 5.75 Å². The first-order valence-corrected chi connectivity index (χ1v) is 8.43. The monoisotopic (exact) mass is 401 g/mol. The molecule has 1 aliphatic rings. The second-order valence-corrected chi connectivity index (χ2v) is 6.53. The highest BCUT2D eigenvalue weighted by molar-refractivity contribution is 6.11. The van der Waals surface area contributed by atoms with Crippen molar-refractivity contribution in [3.05, 3.63) is 69.5 Å². The zero-order chi connectivity index (χ0) is 21.3. The zero-order valence-corrected chi connectivity index (χ0v) is 15.5. The van der Waals surface area contributed by atoms with Crippen molar-refractivity contribution in [2.45, 2.75) is 12.5 Å². The van der Waals surface area contributed by atoms with Gasteiger partial charge in [-0.1, -0.05) is 12.1 Å². The number of amides is 3. The summed E-state index contributed by atoms with van der Waals surface area (Å²) < 4.78 is 18.6. The lowest BCUT2D eigenvalue weighted by Crippen LogP contribution is -2.41. The summed E-state index contributed by atoms with van der Waals surface area (Å²) in [6.07, 6.45) is 0. The Kier molecular flexibility index (Phi) is 5.02. The van der Waals surface area contributed by atoms with Gasteiger partial charge in [-0.15, -0.1) is 0 Å². The molecule has 1 heterocycles. The predicted octanol–water partition coefficient (Wildman–Crippen LogP) is 2.39. The van der Waals surface area contributed by atoms with E-state index >= 15 is 0 Å². The number of nitro benzene ring substituents is 1. The standard InChI is InChI=1S/C19H16FN3O6/c1-19(12-4-3-5-13(9-12)23(27)28)17(25)22(18(26)21-19)10-15(24)11-6-7-16(29-2)14(20)8-11/h3-9H,10H2,1-2H3,(H,21,26). The van der Waals surface area contributed by atoms with E-state index in [-0.39, 0.29) is 22.6 Å². The highest BCUT2D eigenvalue weighted by Crippen LogP contribution is 2.31. The molecule has 3 amide bonds. The van der Waals surface area contributed by atoms with Crippen molar-refractivity contribution in [3.8, 4) is 5.75 Å². The van der Waals surface area contributed by atoms with Crippen LogP contribution in [0.3, 0.4) is 0 Å². The minimum atomic E-state index is -1.57. The van der Waals surface area contributed by atoms with Crippen LogP contribution in [0.2, 0.25) is 0 Å². The van der Waals surface area contributed by atoms with Gasteiger partial charge in [-0.05, 0) is 30.7 Å². The van der Waals surface area contributed by atoms with Crippen LogP contribution in [0.15, 0.2) is 42.5 Å². The lowest BCUT2D eigenvalue weighted by atomic mass is 9.91. The maximum atomic E-state index is 13.8. The van der Waals surface area contributed by atoms with E-state index in [1.54, 1.807) is 0 Å². The number of halogens is 1. The third-order valence-corrected chi connectivity index (χ3v) is 4.68. The Bertz CT molecular complexity index is 1040. The molecule has 9 nitrogen and oxygen atoms in total. The van der Waals surface area contributed by atoms with E-state index in [1.807, 2.05) is 0 Å². The molecule has 1 aliphatic heterocycles. The number of urea groups is 1. The Hall–Kier alpha value is -3.82. The molecule has 10 heteroatoms. The smallest absolute Gasteiger partial charge is 0.325 e. The summed E-state index contributed by atoms with van der Waals surface area (Å²) in [7, 11) is 1.28. The summed E-state index contributed by atoms with van der Waals surface area (Å²) in [5, 5.41) is 13.5. The molecule has 2 aromatic rings. The summed E-state index contributed by atoms with van der Waals surface area (Å²) >= 11 is 0. The number of ketones is 1. The molecule has 0 radical (unpaired) electrons. The van der Waals surface area contributed by atoms with Gasteiger partial charge < -0.3 is 10.1 Å². The van der Waals surface area contributed by atoms with E-state index in [1.165, 1.54) is 50.4 Å². The molecule has 2 aromatic carbocycles. The average molecular weight is 401 g/mol. The molecule has 0 aliphatic carbocycles. The summed E-state index contributed by atoms with van der Waals surface area (Å²) in [4.78, 5) is 48.8. The van der Waals surface area contributed by atoms with Crippen LogP contribution in [0.4, 0.5) is 14.9 Å². The fourth-order valence-electron chi connectivity index (χ4n) is 3.04. The largest absolute Gasteiger partial charge is 0.494 e. The number of imide groups is 1. The molecule has 1 fully saturated rings. The van der Waals surface area contributed by atoms with Gasteiger partial charge in [-0.25, -0.2) is 9.18 Å². The number of nitro groups is 1. The van der Waals surface area contributed by atoms with Crippen LogP contribution >= 0.6 is 0 Å². The van der Waals surface area contributed by atoms with Gasteiger partial charge in [0.1, 0.15) is 5.54 Å². The number of carbonyl (C=O) groups is 3. The molecule has 1 unspecified atom stereocenters. The predicted molar refractivity (Wildman–Crippen MR) is 98.0 cm³/mol.